The summed E-state index contributed by atoms with van der Waals surface area (Å²) in [7, 11) is -0.735. The molecule has 3 aliphatic heterocycles. The molecule has 0 saturated heterocycles. The van der Waals surface area contributed by atoms with Crippen molar-refractivity contribution in [2.45, 2.75) is 12.1 Å². The van der Waals surface area contributed by atoms with Crippen molar-refractivity contribution >= 4 is 65.8 Å². The van der Waals surface area contributed by atoms with Crippen molar-refractivity contribution in [3.63, 3.8) is 0 Å². The molecule has 1 aliphatic carbocycles. The molecule has 0 aromatic heterocycles. The number of para-hydroxylation sites is 3. The van der Waals surface area contributed by atoms with Crippen molar-refractivity contribution in [1.82, 2.24) is 0 Å². The van der Waals surface area contributed by atoms with Crippen molar-refractivity contribution in [2.24, 2.45) is 5.92 Å². The molecule has 9 rings (SSSR count). The SMILES string of the molecule is C[Si]1C2=C(B3c4ccc(N(c5ccccc5)c5ccccc5)cc4N(c4ccccc4)c4cccc2c43)C2C=CC=CC21. The van der Waals surface area contributed by atoms with Crippen molar-refractivity contribution in [1.29, 1.82) is 0 Å². The highest BCUT2D eigenvalue weighted by molar-refractivity contribution is 7.02. The molecule has 5 aromatic rings. The zero-order valence-corrected chi connectivity index (χ0v) is 25.1. The number of nitrogens with zero attached hydrogens (tertiary/aromatic N) is 2. The van der Waals surface area contributed by atoms with Gasteiger partial charge in [0.05, 0.1) is 8.80 Å². The molecule has 0 spiro atoms. The molecule has 0 fully saturated rings. The first-order chi connectivity index (χ1) is 21.3. The summed E-state index contributed by atoms with van der Waals surface area (Å²) < 4.78 is 0. The van der Waals surface area contributed by atoms with Crippen LogP contribution in [0.2, 0.25) is 12.1 Å². The normalized spacial score (nSPS) is 19.3. The van der Waals surface area contributed by atoms with Gasteiger partial charge in [-0.15, -0.1) is 0 Å². The second-order valence-corrected chi connectivity index (χ2v) is 14.5. The van der Waals surface area contributed by atoms with E-state index in [9.17, 15) is 0 Å². The van der Waals surface area contributed by atoms with Crippen LogP contribution in [-0.4, -0.2) is 15.5 Å². The quantitative estimate of drug-likeness (QED) is 0.201. The fourth-order valence-corrected chi connectivity index (χ4v) is 11.0. The van der Waals surface area contributed by atoms with Gasteiger partial charge < -0.3 is 9.80 Å². The van der Waals surface area contributed by atoms with Crippen LogP contribution in [0.25, 0.3) is 5.20 Å². The third-order valence-corrected chi connectivity index (χ3v) is 12.6. The van der Waals surface area contributed by atoms with Gasteiger partial charge in [0.25, 0.3) is 0 Å². The first-order valence-electron chi connectivity index (χ1n) is 15.2. The topological polar surface area (TPSA) is 6.48 Å². The minimum Gasteiger partial charge on any atom is -0.311 e. The smallest absolute Gasteiger partial charge is 0.243 e. The van der Waals surface area contributed by atoms with Crippen LogP contribution in [0.3, 0.4) is 0 Å². The molecule has 5 aromatic carbocycles. The number of anilines is 6. The molecule has 2 unspecified atom stereocenters. The number of allylic oxidation sites excluding steroid dienone is 5. The third kappa shape index (κ3) is 3.60. The van der Waals surface area contributed by atoms with Gasteiger partial charge in [0.15, 0.2) is 0 Å². The predicted molar refractivity (Wildman–Crippen MR) is 185 cm³/mol. The first-order valence-corrected chi connectivity index (χ1v) is 17.3. The number of hydrogen-bond acceptors (Lipinski definition) is 2. The van der Waals surface area contributed by atoms with Crippen LogP contribution < -0.4 is 20.7 Å². The van der Waals surface area contributed by atoms with E-state index in [0.29, 0.717) is 18.2 Å². The number of fused-ring (bicyclic) bond motifs is 6. The molecule has 4 heteroatoms. The molecule has 0 saturated carbocycles. The Kier molecular flexibility index (Phi) is 5.54. The maximum atomic E-state index is 2.54. The fraction of sp³-hybridized carbons (Fsp3) is 0.0769. The van der Waals surface area contributed by atoms with Gasteiger partial charge in [-0.2, -0.15) is 0 Å². The van der Waals surface area contributed by atoms with E-state index in [1.54, 1.807) is 10.7 Å². The third-order valence-electron chi connectivity index (χ3n) is 9.74. The van der Waals surface area contributed by atoms with E-state index in [0.717, 1.165) is 17.1 Å². The monoisotopic (exact) mass is 565 g/mol. The molecule has 2 nitrogen and oxygen atoms in total. The minimum absolute atomic E-state index is 0.290. The average molecular weight is 566 g/mol. The Labute approximate surface area is 255 Å². The lowest BCUT2D eigenvalue weighted by atomic mass is 9.34. The van der Waals surface area contributed by atoms with Gasteiger partial charge >= 0.3 is 0 Å². The summed E-state index contributed by atoms with van der Waals surface area (Å²) in [5, 5.41) is 1.68. The standard InChI is InChI=1S/C39H30BN2Si/c1-43-36-23-12-11-20-31(36)38-39(43)32-21-13-22-34-37(32)40(38)33-25-24-30(26-35(33)42(34)29-18-9-4-10-19-29)41(27-14-5-2-6-15-27)28-16-7-3-8-17-28/h2-26,31,36H,1H3. The lowest BCUT2D eigenvalue weighted by Gasteiger charge is -2.39. The Morgan fingerprint density at radius 2 is 1.33 bits per heavy atom. The number of hydrogen-bond donors (Lipinski definition) is 0. The molecule has 0 bridgehead atoms. The van der Waals surface area contributed by atoms with Crippen LogP contribution in [0.15, 0.2) is 157 Å². The fourth-order valence-electron chi connectivity index (χ4n) is 8.03. The number of rotatable bonds is 4. The molecule has 4 aliphatic rings. The Bertz CT molecular complexity index is 1930. The van der Waals surface area contributed by atoms with Crippen LogP contribution in [-0.2, 0) is 0 Å². The van der Waals surface area contributed by atoms with Crippen molar-refractivity contribution in [3.8, 4) is 0 Å². The van der Waals surface area contributed by atoms with Crippen LogP contribution >= 0.6 is 0 Å². The average Bonchev–Trinajstić information content (AvgIpc) is 3.57. The van der Waals surface area contributed by atoms with E-state index in [1.165, 1.54) is 33.6 Å². The Hall–Kier alpha value is -4.80. The van der Waals surface area contributed by atoms with Gasteiger partial charge in [-0.1, -0.05) is 114 Å². The van der Waals surface area contributed by atoms with E-state index in [1.807, 2.05) is 0 Å². The van der Waals surface area contributed by atoms with E-state index < -0.39 is 8.80 Å². The highest BCUT2D eigenvalue weighted by atomic mass is 28.3. The van der Waals surface area contributed by atoms with Gasteiger partial charge in [0, 0.05) is 34.1 Å². The summed E-state index contributed by atoms with van der Waals surface area (Å²) in [5.41, 5.74) is 14.0. The van der Waals surface area contributed by atoms with Crippen molar-refractivity contribution in [2.75, 3.05) is 9.80 Å². The molecular weight excluding hydrogens is 535 g/mol. The Morgan fingerprint density at radius 3 is 2.05 bits per heavy atom. The lowest BCUT2D eigenvalue weighted by Crippen LogP contribution is -2.51. The summed E-state index contributed by atoms with van der Waals surface area (Å²) in [4.78, 5) is 4.89. The van der Waals surface area contributed by atoms with Gasteiger partial charge in [-0.25, -0.2) is 0 Å². The Morgan fingerprint density at radius 1 is 0.651 bits per heavy atom. The van der Waals surface area contributed by atoms with E-state index >= 15 is 0 Å². The maximum Gasteiger partial charge on any atom is 0.243 e. The summed E-state index contributed by atoms with van der Waals surface area (Å²) in [6, 6.07) is 46.6. The highest BCUT2D eigenvalue weighted by Gasteiger charge is 2.52. The zero-order valence-electron chi connectivity index (χ0n) is 24.1. The van der Waals surface area contributed by atoms with Crippen molar-refractivity contribution in [3.05, 3.63) is 163 Å². The first kappa shape index (κ1) is 24.8. The summed E-state index contributed by atoms with van der Waals surface area (Å²) >= 11 is 0. The lowest BCUT2D eigenvalue weighted by molar-refractivity contribution is 0.808. The molecule has 2 atom stereocenters. The Balaban J connectivity index is 1.30. The van der Waals surface area contributed by atoms with E-state index in [2.05, 4.69) is 168 Å². The van der Waals surface area contributed by atoms with Gasteiger partial charge in [0.1, 0.15) is 0 Å². The summed E-state index contributed by atoms with van der Waals surface area (Å²) in [5.74, 6) is 0.491. The van der Waals surface area contributed by atoms with Crippen molar-refractivity contribution < 1.29 is 0 Å². The molecule has 3 heterocycles. The largest absolute Gasteiger partial charge is 0.311 e. The minimum atomic E-state index is -0.735. The van der Waals surface area contributed by atoms with Crippen LogP contribution in [0.1, 0.15) is 5.56 Å². The van der Waals surface area contributed by atoms with Gasteiger partial charge in [-0.05, 0) is 82.5 Å². The highest BCUT2D eigenvalue weighted by Crippen LogP contribution is 2.54. The van der Waals surface area contributed by atoms with Gasteiger partial charge in [-0.3, -0.25) is 0 Å². The maximum absolute atomic E-state index is 2.54. The molecule has 1 radical (unpaired) electrons. The van der Waals surface area contributed by atoms with Crippen LogP contribution in [0.5, 0.6) is 0 Å². The molecule has 43 heavy (non-hydrogen) atoms. The molecule has 0 N–H and O–H groups in total. The summed E-state index contributed by atoms with van der Waals surface area (Å²) in [6.07, 6.45) is 9.52. The zero-order chi connectivity index (χ0) is 28.5. The second kappa shape index (κ2) is 9.62. The number of benzene rings is 5. The van der Waals surface area contributed by atoms with Crippen LogP contribution in [0.4, 0.5) is 34.1 Å². The predicted octanol–water partition coefficient (Wildman–Crippen LogP) is 8.64. The molecule has 0 amide bonds. The van der Waals surface area contributed by atoms with E-state index in [4.69, 9.17) is 0 Å². The molecular formula is C39H30BN2Si. The second-order valence-electron chi connectivity index (χ2n) is 11.9. The molecule has 203 valence electrons. The van der Waals surface area contributed by atoms with E-state index in [-0.39, 0.29) is 0 Å². The summed E-state index contributed by atoms with van der Waals surface area (Å²) in [6.45, 7) is 2.83. The van der Waals surface area contributed by atoms with Crippen LogP contribution in [0, 0.1) is 5.92 Å². The van der Waals surface area contributed by atoms with Gasteiger partial charge in [0.2, 0.25) is 6.71 Å².